The van der Waals surface area contributed by atoms with E-state index in [1.54, 1.807) is 19.6 Å². The Morgan fingerprint density at radius 1 is 1.16 bits per heavy atom. The fourth-order valence-corrected chi connectivity index (χ4v) is 2.87. The van der Waals surface area contributed by atoms with E-state index in [1.165, 1.54) is 0 Å². The fourth-order valence-electron chi connectivity index (χ4n) is 2.53. The Bertz CT molecular complexity index is 800. The van der Waals surface area contributed by atoms with Gasteiger partial charge in [0.25, 0.3) is 0 Å². The van der Waals surface area contributed by atoms with E-state index in [4.69, 9.17) is 25.8 Å². The molecular weight excluding hydrogens is 336 g/mol. The third-order valence-electron chi connectivity index (χ3n) is 3.91. The van der Waals surface area contributed by atoms with Gasteiger partial charge in [-0.15, -0.1) is 0 Å². The van der Waals surface area contributed by atoms with Gasteiger partial charge in [-0.1, -0.05) is 6.07 Å². The van der Waals surface area contributed by atoms with Gasteiger partial charge in [-0.25, -0.2) is 0 Å². The Kier molecular flexibility index (Phi) is 5.40. The fraction of sp³-hybridized carbons (Fsp3) is 0.211. The molecule has 2 heterocycles. The van der Waals surface area contributed by atoms with Crippen LogP contribution in [0, 0.1) is 0 Å². The third kappa shape index (κ3) is 4.22. The summed E-state index contributed by atoms with van der Waals surface area (Å²) in [5.74, 6) is 2.43. The van der Waals surface area contributed by atoms with Crippen LogP contribution in [0.5, 0.6) is 5.75 Å². The highest BCUT2D eigenvalue weighted by Gasteiger charge is 2.22. The van der Waals surface area contributed by atoms with Crippen molar-refractivity contribution in [3.63, 3.8) is 0 Å². The molecule has 0 amide bonds. The van der Waals surface area contributed by atoms with E-state index < -0.39 is 0 Å². The van der Waals surface area contributed by atoms with E-state index in [2.05, 4.69) is 5.32 Å². The monoisotopic (exact) mass is 356 g/mol. The summed E-state index contributed by atoms with van der Waals surface area (Å²) in [6.07, 6.45) is 3.32. The molecule has 0 aliphatic carbocycles. The molecule has 6 heteroatoms. The summed E-state index contributed by atoms with van der Waals surface area (Å²) in [6.45, 7) is 2.58. The van der Waals surface area contributed by atoms with Crippen molar-refractivity contribution in [1.82, 2.24) is 4.90 Å². The lowest BCUT2D eigenvalue weighted by Crippen LogP contribution is -2.36. The number of hydrogen-bond acceptors (Lipinski definition) is 4. The zero-order valence-corrected chi connectivity index (χ0v) is 15.0. The van der Waals surface area contributed by atoms with Crippen LogP contribution in [0.1, 0.15) is 24.5 Å². The second-order valence-corrected chi connectivity index (χ2v) is 5.95. The van der Waals surface area contributed by atoms with Crippen molar-refractivity contribution in [1.29, 1.82) is 0 Å². The number of nitrogens with zero attached hydrogens (tertiary/aromatic N) is 1. The molecule has 0 fully saturated rings. The SMILES string of the molecule is COc1cccc(NC(=S)N(Cc2ccco2)[C@H](C)c2ccco2)c1. The molecular formula is C19H20N2O3S. The van der Waals surface area contributed by atoms with Gasteiger partial charge in [-0.05, 0) is 55.5 Å². The van der Waals surface area contributed by atoms with E-state index >= 15 is 0 Å². The van der Waals surface area contributed by atoms with Gasteiger partial charge < -0.3 is 23.8 Å². The number of nitrogens with one attached hydrogen (secondary N) is 1. The van der Waals surface area contributed by atoms with Crippen molar-refractivity contribution in [2.24, 2.45) is 0 Å². The van der Waals surface area contributed by atoms with Crippen LogP contribution in [0.15, 0.2) is 69.9 Å². The highest BCUT2D eigenvalue weighted by atomic mass is 32.1. The summed E-state index contributed by atoms with van der Waals surface area (Å²) in [5, 5.41) is 3.84. The highest BCUT2D eigenvalue weighted by Crippen LogP contribution is 2.25. The molecule has 1 N–H and O–H groups in total. The average Bonchev–Trinajstić information content (AvgIpc) is 3.33. The van der Waals surface area contributed by atoms with Gasteiger partial charge in [-0.2, -0.15) is 0 Å². The zero-order chi connectivity index (χ0) is 17.6. The van der Waals surface area contributed by atoms with Crippen molar-refractivity contribution >= 4 is 23.0 Å². The molecule has 0 aliphatic heterocycles. The maximum absolute atomic E-state index is 5.65. The lowest BCUT2D eigenvalue weighted by atomic mass is 10.2. The maximum atomic E-state index is 5.65. The van der Waals surface area contributed by atoms with Gasteiger partial charge >= 0.3 is 0 Å². The molecule has 0 spiro atoms. The van der Waals surface area contributed by atoms with Crippen LogP contribution >= 0.6 is 12.2 Å². The summed E-state index contributed by atoms with van der Waals surface area (Å²) in [7, 11) is 1.64. The molecule has 1 atom stereocenters. The normalized spacial score (nSPS) is 11.8. The number of benzene rings is 1. The van der Waals surface area contributed by atoms with Gasteiger partial charge in [-0.3, -0.25) is 0 Å². The largest absolute Gasteiger partial charge is 0.497 e. The summed E-state index contributed by atoms with van der Waals surface area (Å²) >= 11 is 5.65. The molecule has 5 nitrogen and oxygen atoms in total. The molecule has 3 rings (SSSR count). The highest BCUT2D eigenvalue weighted by molar-refractivity contribution is 7.80. The summed E-state index contributed by atoms with van der Waals surface area (Å²) < 4.78 is 16.3. The van der Waals surface area contributed by atoms with Crippen LogP contribution in [0.25, 0.3) is 0 Å². The minimum absolute atomic E-state index is 0.0503. The van der Waals surface area contributed by atoms with Crippen LogP contribution < -0.4 is 10.1 Å². The van der Waals surface area contributed by atoms with Crippen LogP contribution in [0.3, 0.4) is 0 Å². The molecule has 25 heavy (non-hydrogen) atoms. The van der Waals surface area contributed by atoms with Gasteiger partial charge in [0.2, 0.25) is 0 Å². The Balaban J connectivity index is 1.80. The lowest BCUT2D eigenvalue weighted by molar-refractivity contribution is 0.269. The minimum Gasteiger partial charge on any atom is -0.497 e. The molecule has 0 radical (unpaired) electrons. The van der Waals surface area contributed by atoms with Crippen molar-refractivity contribution in [3.05, 3.63) is 72.6 Å². The second-order valence-electron chi connectivity index (χ2n) is 5.56. The molecule has 0 saturated heterocycles. The summed E-state index contributed by atoms with van der Waals surface area (Å²) in [6, 6.07) is 15.2. The van der Waals surface area contributed by atoms with E-state index in [9.17, 15) is 0 Å². The van der Waals surface area contributed by atoms with Gasteiger partial charge in [0.1, 0.15) is 17.3 Å². The first-order valence-corrected chi connectivity index (χ1v) is 8.35. The van der Waals surface area contributed by atoms with E-state index in [0.717, 1.165) is 23.0 Å². The topological polar surface area (TPSA) is 50.8 Å². The van der Waals surface area contributed by atoms with E-state index in [0.29, 0.717) is 11.7 Å². The number of furan rings is 2. The molecule has 130 valence electrons. The molecule has 0 bridgehead atoms. The van der Waals surface area contributed by atoms with E-state index in [-0.39, 0.29) is 6.04 Å². The Morgan fingerprint density at radius 3 is 2.64 bits per heavy atom. The Hall–Kier alpha value is -2.73. The second kappa shape index (κ2) is 7.90. The summed E-state index contributed by atoms with van der Waals surface area (Å²) in [5.41, 5.74) is 0.862. The van der Waals surface area contributed by atoms with Crippen LogP contribution in [0.4, 0.5) is 5.69 Å². The third-order valence-corrected chi connectivity index (χ3v) is 4.25. The van der Waals surface area contributed by atoms with E-state index in [1.807, 2.05) is 60.4 Å². The smallest absolute Gasteiger partial charge is 0.174 e. The molecule has 3 aromatic rings. The summed E-state index contributed by atoms with van der Waals surface area (Å²) in [4.78, 5) is 2.02. The Labute approximate surface area is 152 Å². The van der Waals surface area contributed by atoms with Gasteiger partial charge in [0.05, 0.1) is 32.2 Å². The first-order chi connectivity index (χ1) is 12.2. The molecule has 2 aromatic heterocycles. The van der Waals surface area contributed by atoms with Crippen molar-refractivity contribution in [3.8, 4) is 5.75 Å². The lowest BCUT2D eigenvalue weighted by Gasteiger charge is -2.30. The molecule has 1 aromatic carbocycles. The van der Waals surface area contributed by atoms with Crippen LogP contribution in [-0.4, -0.2) is 17.1 Å². The maximum Gasteiger partial charge on any atom is 0.174 e. The quantitative estimate of drug-likeness (QED) is 0.638. The number of anilines is 1. The number of methoxy groups -OCH3 is 1. The zero-order valence-electron chi connectivity index (χ0n) is 14.1. The standard InChI is InChI=1S/C19H20N2O3S/c1-14(18-9-5-11-24-18)21(13-17-8-4-10-23-17)19(25)20-15-6-3-7-16(12-15)22-2/h3-12,14H,13H2,1-2H3,(H,20,25)/t14-/m1/s1. The predicted molar refractivity (Wildman–Crippen MR) is 101 cm³/mol. The predicted octanol–water partition coefficient (Wildman–Crippen LogP) is 4.84. The van der Waals surface area contributed by atoms with Gasteiger partial charge in [0, 0.05) is 11.8 Å². The number of hydrogen-bond donors (Lipinski definition) is 1. The first kappa shape index (κ1) is 17.1. The minimum atomic E-state index is -0.0503. The number of thiocarbonyl (C=S) groups is 1. The Morgan fingerprint density at radius 2 is 1.96 bits per heavy atom. The first-order valence-electron chi connectivity index (χ1n) is 7.95. The average molecular weight is 356 g/mol. The number of ether oxygens (including phenoxy) is 1. The van der Waals surface area contributed by atoms with Crippen molar-refractivity contribution in [2.45, 2.75) is 19.5 Å². The molecule has 0 aliphatic rings. The van der Waals surface area contributed by atoms with Crippen molar-refractivity contribution < 1.29 is 13.6 Å². The molecule has 0 unspecified atom stereocenters. The van der Waals surface area contributed by atoms with Crippen molar-refractivity contribution in [2.75, 3.05) is 12.4 Å². The van der Waals surface area contributed by atoms with Gasteiger partial charge in [0.15, 0.2) is 5.11 Å². The number of rotatable bonds is 6. The molecule has 0 saturated carbocycles. The van der Waals surface area contributed by atoms with Crippen LogP contribution in [0.2, 0.25) is 0 Å². The van der Waals surface area contributed by atoms with Crippen LogP contribution in [-0.2, 0) is 6.54 Å².